The molecule has 1 aromatic carbocycles. The summed E-state index contributed by atoms with van der Waals surface area (Å²) < 4.78 is 35.2. The Morgan fingerprint density at radius 2 is 2.00 bits per heavy atom. The van der Waals surface area contributed by atoms with Gasteiger partial charge < -0.3 is 0 Å². The van der Waals surface area contributed by atoms with E-state index in [1.807, 2.05) is 0 Å². The average Bonchev–Trinajstić information content (AvgIpc) is 2.00. The first kappa shape index (κ1) is 12.1. The number of hydrogen-bond donors (Lipinski definition) is 0. The van der Waals surface area contributed by atoms with Gasteiger partial charge in [-0.05, 0) is 22.0 Å². The highest BCUT2D eigenvalue weighted by Crippen LogP contribution is 2.29. The van der Waals surface area contributed by atoms with Crippen molar-refractivity contribution in [1.29, 1.82) is 0 Å². The second-order valence-electron chi connectivity index (χ2n) is 2.76. The molecule has 0 aliphatic heterocycles. The van der Waals surface area contributed by atoms with Gasteiger partial charge in [-0.15, -0.1) is 0 Å². The summed E-state index contributed by atoms with van der Waals surface area (Å²) in [5, 5.41) is 10.5. The fourth-order valence-electron chi connectivity index (χ4n) is 0.942. The predicted octanol–water partition coefficient (Wildman–Crippen LogP) is 1.90. The number of rotatable bonds is 2. The lowest BCUT2D eigenvalue weighted by molar-refractivity contribution is -0.385. The molecule has 1 rings (SSSR count). The van der Waals surface area contributed by atoms with Crippen LogP contribution in [0.15, 0.2) is 21.5 Å². The van der Waals surface area contributed by atoms with Gasteiger partial charge in [-0.1, -0.05) is 0 Å². The van der Waals surface area contributed by atoms with Crippen molar-refractivity contribution in [3.8, 4) is 0 Å². The minimum atomic E-state index is -3.81. The number of benzene rings is 1. The van der Waals surface area contributed by atoms with Gasteiger partial charge >= 0.3 is 0 Å². The Hall–Kier alpha value is -1.02. The topological polar surface area (TPSA) is 77.3 Å². The van der Waals surface area contributed by atoms with Crippen LogP contribution in [0.2, 0.25) is 0 Å². The molecule has 5 nitrogen and oxygen atoms in total. The largest absolute Gasteiger partial charge is 0.285 e. The van der Waals surface area contributed by atoms with E-state index in [-0.39, 0.29) is 4.47 Å². The fraction of sp³-hybridized carbons (Fsp3) is 0.143. The highest BCUT2D eigenvalue weighted by molar-refractivity contribution is 9.10. The van der Waals surface area contributed by atoms with Gasteiger partial charge in [-0.3, -0.25) is 10.1 Å². The van der Waals surface area contributed by atoms with E-state index in [1.54, 1.807) is 0 Å². The molecule has 0 aliphatic rings. The zero-order chi connectivity index (χ0) is 11.8. The van der Waals surface area contributed by atoms with Crippen LogP contribution in [-0.4, -0.2) is 19.6 Å². The number of halogens is 2. The molecular weight excluding hydrogens is 293 g/mol. The van der Waals surface area contributed by atoms with Gasteiger partial charge in [0.25, 0.3) is 5.69 Å². The molecule has 15 heavy (non-hydrogen) atoms. The Morgan fingerprint density at radius 1 is 1.47 bits per heavy atom. The van der Waals surface area contributed by atoms with Crippen LogP contribution in [0.3, 0.4) is 0 Å². The third kappa shape index (κ3) is 2.51. The maximum absolute atomic E-state index is 13.2. The molecule has 0 bridgehead atoms. The SMILES string of the molecule is CS(=O)(=O)c1cc([N+](=O)[O-])c(Br)cc1F. The molecule has 0 N–H and O–H groups in total. The molecule has 82 valence electrons. The number of hydrogen-bond acceptors (Lipinski definition) is 4. The van der Waals surface area contributed by atoms with E-state index >= 15 is 0 Å². The van der Waals surface area contributed by atoms with Crippen molar-refractivity contribution in [2.75, 3.05) is 6.26 Å². The van der Waals surface area contributed by atoms with Crippen LogP contribution < -0.4 is 0 Å². The summed E-state index contributed by atoms with van der Waals surface area (Å²) in [4.78, 5) is 8.99. The Kier molecular flexibility index (Phi) is 3.10. The molecule has 0 amide bonds. The molecule has 0 aromatic heterocycles. The zero-order valence-corrected chi connectivity index (χ0v) is 9.80. The third-order valence-corrected chi connectivity index (χ3v) is 3.34. The van der Waals surface area contributed by atoms with E-state index < -0.39 is 31.2 Å². The molecule has 0 aliphatic carbocycles. The first-order valence-electron chi connectivity index (χ1n) is 3.57. The lowest BCUT2D eigenvalue weighted by Gasteiger charge is -2.01. The molecule has 0 radical (unpaired) electrons. The Labute approximate surface area is 93.1 Å². The van der Waals surface area contributed by atoms with E-state index in [0.29, 0.717) is 6.07 Å². The monoisotopic (exact) mass is 297 g/mol. The summed E-state index contributed by atoms with van der Waals surface area (Å²) in [6.45, 7) is 0. The highest BCUT2D eigenvalue weighted by Gasteiger charge is 2.21. The van der Waals surface area contributed by atoms with Crippen molar-refractivity contribution in [3.63, 3.8) is 0 Å². The van der Waals surface area contributed by atoms with Crippen LogP contribution in [0.4, 0.5) is 10.1 Å². The second-order valence-corrected chi connectivity index (χ2v) is 5.60. The van der Waals surface area contributed by atoms with E-state index in [4.69, 9.17) is 0 Å². The number of sulfone groups is 1. The van der Waals surface area contributed by atoms with Gasteiger partial charge in [0.1, 0.15) is 10.7 Å². The smallest absolute Gasteiger partial charge is 0.258 e. The van der Waals surface area contributed by atoms with Gasteiger partial charge in [-0.2, -0.15) is 0 Å². The van der Waals surface area contributed by atoms with Crippen LogP contribution in [-0.2, 0) is 9.84 Å². The fourth-order valence-corrected chi connectivity index (χ4v) is 2.14. The Balaban J connectivity index is 3.58. The van der Waals surface area contributed by atoms with Crippen molar-refractivity contribution in [2.45, 2.75) is 4.90 Å². The lowest BCUT2D eigenvalue weighted by Crippen LogP contribution is -2.02. The third-order valence-electron chi connectivity index (χ3n) is 1.60. The molecule has 0 atom stereocenters. The standard InChI is InChI=1S/C7H5BrFNO4S/c1-15(13,14)7-3-6(10(11)12)4(8)2-5(7)9/h2-3H,1H3. The summed E-state index contributed by atoms with van der Waals surface area (Å²) >= 11 is 2.77. The van der Waals surface area contributed by atoms with Crippen molar-refractivity contribution in [3.05, 3.63) is 32.5 Å². The van der Waals surface area contributed by atoms with Gasteiger partial charge in [0.15, 0.2) is 9.84 Å². The summed E-state index contributed by atoms with van der Waals surface area (Å²) in [6, 6.07) is 1.45. The van der Waals surface area contributed by atoms with E-state index in [2.05, 4.69) is 15.9 Å². The van der Waals surface area contributed by atoms with Crippen molar-refractivity contribution in [1.82, 2.24) is 0 Å². The minimum absolute atomic E-state index is 0.0996. The average molecular weight is 298 g/mol. The van der Waals surface area contributed by atoms with E-state index in [1.165, 1.54) is 0 Å². The van der Waals surface area contributed by atoms with Crippen LogP contribution in [0.25, 0.3) is 0 Å². The number of nitrogens with zero attached hydrogens (tertiary/aromatic N) is 1. The molecule has 0 saturated carbocycles. The second kappa shape index (κ2) is 3.86. The summed E-state index contributed by atoms with van der Waals surface area (Å²) in [6.07, 6.45) is 0.781. The van der Waals surface area contributed by atoms with Crippen LogP contribution in [0.5, 0.6) is 0 Å². The molecule has 8 heteroatoms. The number of nitro groups is 1. The number of nitro benzene ring substituents is 1. The van der Waals surface area contributed by atoms with Crippen molar-refractivity contribution in [2.24, 2.45) is 0 Å². The Morgan fingerprint density at radius 3 is 2.40 bits per heavy atom. The van der Waals surface area contributed by atoms with E-state index in [0.717, 1.165) is 12.3 Å². The quantitative estimate of drug-likeness (QED) is 0.617. The minimum Gasteiger partial charge on any atom is -0.258 e. The molecule has 0 fully saturated rings. The van der Waals surface area contributed by atoms with Crippen LogP contribution in [0.1, 0.15) is 0 Å². The molecule has 0 unspecified atom stereocenters. The van der Waals surface area contributed by atoms with Gasteiger partial charge in [-0.25, -0.2) is 12.8 Å². The molecule has 0 saturated heterocycles. The zero-order valence-electron chi connectivity index (χ0n) is 7.40. The highest BCUT2D eigenvalue weighted by atomic mass is 79.9. The van der Waals surface area contributed by atoms with E-state index in [9.17, 15) is 22.9 Å². The first-order chi connectivity index (χ1) is 6.73. The van der Waals surface area contributed by atoms with Crippen LogP contribution >= 0.6 is 15.9 Å². The normalized spacial score (nSPS) is 11.4. The van der Waals surface area contributed by atoms with Crippen LogP contribution in [0, 0.1) is 15.9 Å². The molecule has 0 spiro atoms. The van der Waals surface area contributed by atoms with Crippen molar-refractivity contribution < 1.29 is 17.7 Å². The first-order valence-corrected chi connectivity index (χ1v) is 6.25. The van der Waals surface area contributed by atoms with Crippen molar-refractivity contribution >= 4 is 31.5 Å². The summed E-state index contributed by atoms with van der Waals surface area (Å²) in [5.74, 6) is -1.02. The van der Waals surface area contributed by atoms with Gasteiger partial charge in [0.05, 0.1) is 9.40 Å². The van der Waals surface area contributed by atoms with Gasteiger partial charge in [0.2, 0.25) is 0 Å². The maximum Gasteiger partial charge on any atom is 0.285 e. The lowest BCUT2D eigenvalue weighted by atomic mass is 10.3. The maximum atomic E-state index is 13.2. The summed E-state index contributed by atoms with van der Waals surface area (Å²) in [5.41, 5.74) is -0.489. The summed E-state index contributed by atoms with van der Waals surface area (Å²) in [7, 11) is -3.81. The Bertz CT molecular complexity index is 528. The molecule has 0 heterocycles. The molecular formula is C7H5BrFNO4S. The molecule has 1 aromatic rings. The van der Waals surface area contributed by atoms with Gasteiger partial charge in [0, 0.05) is 12.3 Å². The predicted molar refractivity (Wildman–Crippen MR) is 53.9 cm³/mol.